The Kier molecular flexibility index (Phi) is 5.03. The third-order valence-corrected chi connectivity index (χ3v) is 2.71. The number of hydrogen-bond donors (Lipinski definition) is 0. The summed E-state index contributed by atoms with van der Waals surface area (Å²) in [5, 5.41) is 0.812. The van der Waals surface area contributed by atoms with Crippen LogP contribution in [0.25, 0.3) is 0 Å². The van der Waals surface area contributed by atoms with Gasteiger partial charge in [0, 0.05) is 5.02 Å². The average Bonchev–Trinajstić information content (AvgIpc) is 2.18. The molecule has 0 aromatic heterocycles. The standard InChI is InChI=1S/C13H18Cl/c1-3-4-5-7-11(2)12-8-6-9-13(14)10-12/h6,8-11H,2-5,7H2,1H3. The summed E-state index contributed by atoms with van der Waals surface area (Å²) >= 11 is 5.92. The molecule has 1 rings (SSSR count). The molecule has 0 nitrogen and oxygen atoms in total. The summed E-state index contributed by atoms with van der Waals surface area (Å²) in [5.74, 6) is 0.389. The highest BCUT2D eigenvalue weighted by atomic mass is 35.5. The van der Waals surface area contributed by atoms with E-state index < -0.39 is 0 Å². The van der Waals surface area contributed by atoms with E-state index >= 15 is 0 Å². The van der Waals surface area contributed by atoms with E-state index in [1.54, 1.807) is 0 Å². The Labute approximate surface area is 92.3 Å². The lowest BCUT2D eigenvalue weighted by molar-refractivity contribution is 0.627. The molecule has 1 unspecified atom stereocenters. The van der Waals surface area contributed by atoms with Gasteiger partial charge >= 0.3 is 0 Å². The number of benzene rings is 1. The van der Waals surface area contributed by atoms with Crippen molar-refractivity contribution in [2.45, 2.75) is 38.5 Å². The number of rotatable bonds is 5. The van der Waals surface area contributed by atoms with Crippen molar-refractivity contribution in [3.8, 4) is 0 Å². The second kappa shape index (κ2) is 6.08. The van der Waals surface area contributed by atoms with Gasteiger partial charge in [0.25, 0.3) is 0 Å². The first-order chi connectivity index (χ1) is 6.74. The zero-order valence-corrected chi connectivity index (χ0v) is 9.56. The van der Waals surface area contributed by atoms with Gasteiger partial charge in [-0.25, -0.2) is 0 Å². The van der Waals surface area contributed by atoms with E-state index in [1.807, 2.05) is 18.2 Å². The van der Waals surface area contributed by atoms with E-state index in [9.17, 15) is 0 Å². The predicted octanol–water partition coefficient (Wildman–Crippen LogP) is 4.84. The van der Waals surface area contributed by atoms with Gasteiger partial charge in [-0.1, -0.05) is 49.9 Å². The van der Waals surface area contributed by atoms with E-state index in [2.05, 4.69) is 19.9 Å². The Bertz CT molecular complexity index is 268. The molecule has 0 bridgehead atoms. The van der Waals surface area contributed by atoms with Gasteiger partial charge in [-0.05, 0) is 37.0 Å². The molecule has 0 amide bonds. The van der Waals surface area contributed by atoms with Crippen molar-refractivity contribution in [2.24, 2.45) is 0 Å². The Morgan fingerprint density at radius 3 is 2.79 bits per heavy atom. The van der Waals surface area contributed by atoms with Gasteiger partial charge < -0.3 is 0 Å². The zero-order valence-electron chi connectivity index (χ0n) is 8.80. The summed E-state index contributed by atoms with van der Waals surface area (Å²) in [6.45, 7) is 6.38. The maximum Gasteiger partial charge on any atom is 0.0408 e. The van der Waals surface area contributed by atoms with E-state index in [1.165, 1.54) is 24.8 Å². The maximum atomic E-state index is 5.92. The molecule has 1 heteroatoms. The van der Waals surface area contributed by atoms with Crippen LogP contribution in [0.4, 0.5) is 0 Å². The third-order valence-electron chi connectivity index (χ3n) is 2.48. The lowest BCUT2D eigenvalue weighted by atomic mass is 9.95. The molecule has 0 aliphatic rings. The largest absolute Gasteiger partial charge is 0.0843 e. The first-order valence-electron chi connectivity index (χ1n) is 5.32. The summed E-state index contributed by atoms with van der Waals surface area (Å²) in [6, 6.07) is 8.03. The van der Waals surface area contributed by atoms with Crippen LogP contribution >= 0.6 is 11.6 Å². The van der Waals surface area contributed by atoms with Gasteiger partial charge in [0.05, 0.1) is 0 Å². The predicted molar refractivity (Wildman–Crippen MR) is 63.7 cm³/mol. The van der Waals surface area contributed by atoms with Crippen LogP contribution in [0.3, 0.4) is 0 Å². The van der Waals surface area contributed by atoms with Gasteiger partial charge in [-0.2, -0.15) is 0 Å². The summed E-state index contributed by atoms with van der Waals surface area (Å²) in [6.07, 6.45) is 4.99. The van der Waals surface area contributed by atoms with Crippen molar-refractivity contribution in [1.82, 2.24) is 0 Å². The average molecular weight is 210 g/mol. The van der Waals surface area contributed by atoms with Crippen molar-refractivity contribution in [3.63, 3.8) is 0 Å². The molecular weight excluding hydrogens is 192 g/mol. The molecule has 14 heavy (non-hydrogen) atoms. The van der Waals surface area contributed by atoms with Crippen molar-refractivity contribution in [3.05, 3.63) is 41.8 Å². The molecule has 0 N–H and O–H groups in total. The van der Waals surface area contributed by atoms with Gasteiger partial charge in [-0.3, -0.25) is 0 Å². The Morgan fingerprint density at radius 1 is 1.36 bits per heavy atom. The molecule has 0 spiro atoms. The fourth-order valence-corrected chi connectivity index (χ4v) is 1.77. The summed E-state index contributed by atoms with van der Waals surface area (Å²) < 4.78 is 0. The second-order valence-corrected chi connectivity index (χ2v) is 4.18. The lowest BCUT2D eigenvalue weighted by Crippen LogP contribution is -1.93. The van der Waals surface area contributed by atoms with Crippen molar-refractivity contribution < 1.29 is 0 Å². The molecule has 1 aromatic rings. The fourth-order valence-electron chi connectivity index (χ4n) is 1.57. The van der Waals surface area contributed by atoms with Crippen LogP contribution in [0.15, 0.2) is 24.3 Å². The minimum atomic E-state index is 0.389. The fraction of sp³-hybridized carbons (Fsp3) is 0.462. The van der Waals surface area contributed by atoms with E-state index in [0.29, 0.717) is 5.92 Å². The molecular formula is C13H18Cl. The van der Waals surface area contributed by atoms with E-state index in [-0.39, 0.29) is 0 Å². The lowest BCUT2D eigenvalue weighted by Gasteiger charge is -2.11. The molecule has 0 fully saturated rings. The molecule has 0 saturated heterocycles. The number of unbranched alkanes of at least 4 members (excludes halogenated alkanes) is 2. The first-order valence-corrected chi connectivity index (χ1v) is 5.70. The second-order valence-electron chi connectivity index (χ2n) is 3.75. The van der Waals surface area contributed by atoms with Gasteiger partial charge in [0.2, 0.25) is 0 Å². The van der Waals surface area contributed by atoms with Crippen LogP contribution in [-0.2, 0) is 0 Å². The van der Waals surface area contributed by atoms with Crippen molar-refractivity contribution in [1.29, 1.82) is 0 Å². The minimum Gasteiger partial charge on any atom is -0.0843 e. The third kappa shape index (κ3) is 3.71. The monoisotopic (exact) mass is 209 g/mol. The summed E-state index contributed by atoms with van der Waals surface area (Å²) in [5.41, 5.74) is 1.26. The summed E-state index contributed by atoms with van der Waals surface area (Å²) in [4.78, 5) is 0. The topological polar surface area (TPSA) is 0 Å². The minimum absolute atomic E-state index is 0.389. The smallest absolute Gasteiger partial charge is 0.0408 e. The maximum absolute atomic E-state index is 5.92. The SMILES string of the molecule is [CH2]C(CCCCC)c1cccc(Cl)c1. The van der Waals surface area contributed by atoms with Crippen LogP contribution in [-0.4, -0.2) is 0 Å². The zero-order chi connectivity index (χ0) is 10.4. The molecule has 0 heterocycles. The van der Waals surface area contributed by atoms with Crippen LogP contribution < -0.4 is 0 Å². The van der Waals surface area contributed by atoms with Crippen LogP contribution in [0, 0.1) is 6.92 Å². The van der Waals surface area contributed by atoms with Gasteiger partial charge in [0.15, 0.2) is 0 Å². The molecule has 1 atom stereocenters. The van der Waals surface area contributed by atoms with Crippen LogP contribution in [0.1, 0.15) is 44.1 Å². The van der Waals surface area contributed by atoms with Crippen LogP contribution in [0.2, 0.25) is 5.02 Å². The first kappa shape index (κ1) is 11.6. The van der Waals surface area contributed by atoms with Crippen LogP contribution in [0.5, 0.6) is 0 Å². The molecule has 0 aliphatic heterocycles. The summed E-state index contributed by atoms with van der Waals surface area (Å²) in [7, 11) is 0. The molecule has 0 saturated carbocycles. The highest BCUT2D eigenvalue weighted by molar-refractivity contribution is 6.30. The molecule has 1 radical (unpaired) electrons. The Morgan fingerprint density at radius 2 is 2.14 bits per heavy atom. The normalized spacial score (nSPS) is 12.8. The van der Waals surface area contributed by atoms with E-state index in [0.717, 1.165) is 11.4 Å². The van der Waals surface area contributed by atoms with Crippen molar-refractivity contribution >= 4 is 11.6 Å². The Hall–Kier alpha value is -0.490. The molecule has 0 aliphatic carbocycles. The van der Waals surface area contributed by atoms with Gasteiger partial charge in [0.1, 0.15) is 0 Å². The number of hydrogen-bond acceptors (Lipinski definition) is 0. The highest BCUT2D eigenvalue weighted by Crippen LogP contribution is 2.23. The van der Waals surface area contributed by atoms with Gasteiger partial charge in [-0.15, -0.1) is 0 Å². The quantitative estimate of drug-likeness (QED) is 0.609. The van der Waals surface area contributed by atoms with Crippen molar-refractivity contribution in [2.75, 3.05) is 0 Å². The molecule has 77 valence electrons. The molecule has 1 aromatic carbocycles. The highest BCUT2D eigenvalue weighted by Gasteiger charge is 2.04. The number of halogens is 1. The Balaban J connectivity index is 2.47. The van der Waals surface area contributed by atoms with E-state index in [4.69, 9.17) is 11.6 Å².